The molecule has 1 aliphatic rings. The molecule has 31 heavy (non-hydrogen) atoms. The van der Waals surface area contributed by atoms with E-state index < -0.39 is 0 Å². The molecule has 5 rings (SSSR count). The van der Waals surface area contributed by atoms with Crippen LogP contribution in [0.5, 0.6) is 5.75 Å². The first-order valence-corrected chi connectivity index (χ1v) is 11.3. The summed E-state index contributed by atoms with van der Waals surface area (Å²) in [5.74, 6) is 0.507. The Hall–Kier alpha value is -3.19. The van der Waals surface area contributed by atoms with E-state index in [4.69, 9.17) is 4.74 Å². The highest BCUT2D eigenvalue weighted by Crippen LogP contribution is 2.21. The minimum Gasteiger partial charge on any atom is -0.410 e. The van der Waals surface area contributed by atoms with Gasteiger partial charge in [0.05, 0.1) is 15.6 Å². The van der Waals surface area contributed by atoms with Gasteiger partial charge in [0.2, 0.25) is 0 Å². The van der Waals surface area contributed by atoms with Crippen LogP contribution in [-0.4, -0.2) is 33.5 Å². The normalized spacial score (nSPS) is 15.2. The number of fused-ring (bicyclic) bond motifs is 3. The van der Waals surface area contributed by atoms with Crippen LogP contribution >= 0.6 is 11.3 Å². The Bertz CT molecular complexity index is 1400. The van der Waals surface area contributed by atoms with Gasteiger partial charge in [-0.25, -0.2) is 14.2 Å². The zero-order valence-electron chi connectivity index (χ0n) is 17.6. The SMILES string of the molecule is Cc1cc2nc3s/c(=C\c4ccc(OC(=O)N5CCCCC5)cc4)c(=O)n3c2cc1C. The van der Waals surface area contributed by atoms with Crippen molar-refractivity contribution in [2.75, 3.05) is 13.1 Å². The summed E-state index contributed by atoms with van der Waals surface area (Å²) in [6.45, 7) is 5.60. The smallest absolute Gasteiger partial charge is 0.410 e. The average molecular weight is 434 g/mol. The Morgan fingerprint density at radius 2 is 1.77 bits per heavy atom. The van der Waals surface area contributed by atoms with E-state index in [1.165, 1.54) is 23.3 Å². The first kappa shape index (κ1) is 19.8. The van der Waals surface area contributed by atoms with Crippen LogP contribution in [0.3, 0.4) is 0 Å². The van der Waals surface area contributed by atoms with Gasteiger partial charge in [0.25, 0.3) is 5.56 Å². The summed E-state index contributed by atoms with van der Waals surface area (Å²) in [5.41, 5.74) is 4.80. The number of carbonyl (C=O) groups is 1. The lowest BCUT2D eigenvalue weighted by atomic mass is 10.1. The van der Waals surface area contributed by atoms with Crippen molar-refractivity contribution in [3.8, 4) is 5.75 Å². The van der Waals surface area contributed by atoms with Gasteiger partial charge in [-0.05, 0) is 80.1 Å². The molecule has 0 bridgehead atoms. The van der Waals surface area contributed by atoms with Gasteiger partial charge in [0.15, 0.2) is 4.96 Å². The van der Waals surface area contributed by atoms with Crippen LogP contribution in [0.4, 0.5) is 4.79 Å². The molecule has 6 nitrogen and oxygen atoms in total. The quantitative estimate of drug-likeness (QED) is 0.478. The highest BCUT2D eigenvalue weighted by molar-refractivity contribution is 7.15. The Balaban J connectivity index is 1.42. The van der Waals surface area contributed by atoms with E-state index in [1.807, 2.05) is 44.2 Å². The molecule has 158 valence electrons. The summed E-state index contributed by atoms with van der Waals surface area (Å²) in [6, 6.07) is 11.3. The second-order valence-corrected chi connectivity index (χ2v) is 9.06. The third-order valence-electron chi connectivity index (χ3n) is 5.85. The van der Waals surface area contributed by atoms with E-state index in [0.29, 0.717) is 15.2 Å². The van der Waals surface area contributed by atoms with Gasteiger partial charge in [-0.1, -0.05) is 23.5 Å². The number of carbonyl (C=O) groups excluding carboxylic acids is 1. The van der Waals surface area contributed by atoms with Crippen molar-refractivity contribution in [2.24, 2.45) is 0 Å². The van der Waals surface area contributed by atoms with E-state index >= 15 is 0 Å². The Morgan fingerprint density at radius 1 is 1.06 bits per heavy atom. The van der Waals surface area contributed by atoms with Crippen molar-refractivity contribution in [1.29, 1.82) is 0 Å². The zero-order valence-corrected chi connectivity index (χ0v) is 18.4. The molecule has 3 heterocycles. The maximum Gasteiger partial charge on any atom is 0.415 e. The number of likely N-dealkylation sites (tertiary alicyclic amines) is 1. The number of hydrogen-bond acceptors (Lipinski definition) is 5. The molecule has 0 N–H and O–H groups in total. The van der Waals surface area contributed by atoms with E-state index in [0.717, 1.165) is 48.1 Å². The number of aromatic nitrogens is 2. The van der Waals surface area contributed by atoms with Crippen LogP contribution in [-0.2, 0) is 0 Å². The van der Waals surface area contributed by atoms with Gasteiger partial charge < -0.3 is 9.64 Å². The predicted molar refractivity (Wildman–Crippen MR) is 123 cm³/mol. The summed E-state index contributed by atoms with van der Waals surface area (Å²) < 4.78 is 7.80. The first-order chi connectivity index (χ1) is 15.0. The molecule has 0 spiro atoms. The van der Waals surface area contributed by atoms with Crippen LogP contribution in [0.1, 0.15) is 36.0 Å². The van der Waals surface area contributed by atoms with Crippen molar-refractivity contribution >= 4 is 39.5 Å². The summed E-state index contributed by atoms with van der Waals surface area (Å²) in [6.07, 6.45) is 4.78. The first-order valence-electron chi connectivity index (χ1n) is 10.5. The summed E-state index contributed by atoms with van der Waals surface area (Å²) in [4.78, 5) is 32.4. The van der Waals surface area contributed by atoms with Crippen LogP contribution in [0.25, 0.3) is 22.1 Å². The fourth-order valence-corrected chi connectivity index (χ4v) is 4.93. The molecular weight excluding hydrogens is 410 g/mol. The minimum atomic E-state index is -0.296. The fraction of sp³-hybridized carbons (Fsp3) is 0.292. The predicted octanol–water partition coefficient (Wildman–Crippen LogP) is 4.06. The van der Waals surface area contributed by atoms with E-state index in [-0.39, 0.29) is 11.7 Å². The van der Waals surface area contributed by atoms with Crippen LogP contribution < -0.4 is 14.8 Å². The number of imidazole rings is 1. The van der Waals surface area contributed by atoms with Crippen molar-refractivity contribution < 1.29 is 9.53 Å². The summed E-state index contributed by atoms with van der Waals surface area (Å²) in [7, 11) is 0. The molecule has 2 aromatic carbocycles. The maximum atomic E-state index is 13.0. The third kappa shape index (κ3) is 3.70. The Morgan fingerprint density at radius 3 is 2.52 bits per heavy atom. The number of aryl methyl sites for hydroxylation is 2. The number of amides is 1. The topological polar surface area (TPSA) is 63.9 Å². The van der Waals surface area contributed by atoms with Crippen molar-refractivity contribution in [1.82, 2.24) is 14.3 Å². The molecule has 1 fully saturated rings. The molecule has 1 saturated heterocycles. The maximum absolute atomic E-state index is 13.0. The summed E-state index contributed by atoms with van der Waals surface area (Å²) >= 11 is 1.38. The molecule has 7 heteroatoms. The molecule has 0 saturated carbocycles. The van der Waals surface area contributed by atoms with Crippen LogP contribution in [0.15, 0.2) is 41.2 Å². The molecule has 2 aromatic heterocycles. The second-order valence-electron chi connectivity index (χ2n) is 8.06. The molecular formula is C24H23N3O3S. The summed E-state index contributed by atoms with van der Waals surface area (Å²) in [5, 5.41) is 0. The van der Waals surface area contributed by atoms with Gasteiger partial charge in [0, 0.05) is 13.1 Å². The van der Waals surface area contributed by atoms with Crippen LogP contribution in [0.2, 0.25) is 0 Å². The largest absolute Gasteiger partial charge is 0.415 e. The second kappa shape index (κ2) is 7.81. The lowest BCUT2D eigenvalue weighted by molar-refractivity contribution is 0.142. The standard InChI is InChI=1S/C24H23N3O3S/c1-15-12-19-20(13-16(15)2)27-22(28)21(31-23(27)25-19)14-17-6-8-18(9-7-17)30-24(29)26-10-4-3-5-11-26/h6-9,12-14H,3-5,10-11H2,1-2H3/b21-14-. The lowest BCUT2D eigenvalue weighted by Gasteiger charge is -2.25. The average Bonchev–Trinajstić information content (AvgIpc) is 3.26. The van der Waals surface area contributed by atoms with Crippen molar-refractivity contribution in [3.63, 3.8) is 0 Å². The molecule has 0 aliphatic carbocycles. The van der Waals surface area contributed by atoms with E-state index in [9.17, 15) is 9.59 Å². The number of piperidine rings is 1. The molecule has 1 aliphatic heterocycles. The van der Waals surface area contributed by atoms with Crippen molar-refractivity contribution in [2.45, 2.75) is 33.1 Å². The minimum absolute atomic E-state index is 0.0636. The third-order valence-corrected chi connectivity index (χ3v) is 6.82. The molecule has 4 aromatic rings. The highest BCUT2D eigenvalue weighted by Gasteiger charge is 2.18. The van der Waals surface area contributed by atoms with Gasteiger partial charge in [-0.15, -0.1) is 0 Å². The molecule has 0 unspecified atom stereocenters. The van der Waals surface area contributed by atoms with Crippen molar-refractivity contribution in [3.05, 3.63) is 68.0 Å². The number of ether oxygens (including phenoxy) is 1. The number of nitrogens with zero attached hydrogens (tertiary/aromatic N) is 3. The molecule has 0 radical (unpaired) electrons. The van der Waals surface area contributed by atoms with Gasteiger partial charge in [0.1, 0.15) is 5.75 Å². The lowest BCUT2D eigenvalue weighted by Crippen LogP contribution is -2.37. The number of rotatable bonds is 2. The van der Waals surface area contributed by atoms with Gasteiger partial charge >= 0.3 is 6.09 Å². The Labute approximate surface area is 183 Å². The zero-order chi connectivity index (χ0) is 21.5. The number of benzene rings is 2. The highest BCUT2D eigenvalue weighted by atomic mass is 32.1. The van der Waals surface area contributed by atoms with Gasteiger partial charge in [-0.3, -0.25) is 4.79 Å². The molecule has 1 amide bonds. The van der Waals surface area contributed by atoms with Crippen LogP contribution in [0, 0.1) is 13.8 Å². The van der Waals surface area contributed by atoms with Gasteiger partial charge in [-0.2, -0.15) is 0 Å². The van der Waals surface area contributed by atoms with E-state index in [1.54, 1.807) is 21.4 Å². The number of thiazole rings is 1. The Kier molecular flexibility index (Phi) is 4.98. The fourth-order valence-electron chi connectivity index (χ4n) is 3.94. The van der Waals surface area contributed by atoms with E-state index in [2.05, 4.69) is 4.98 Å². The number of hydrogen-bond donors (Lipinski definition) is 0. The monoisotopic (exact) mass is 433 g/mol. The molecule has 0 atom stereocenters.